The number of nitrogen functional groups attached to an aromatic ring is 1. The zero-order valence-corrected chi connectivity index (χ0v) is 7.34. The average Bonchev–Trinajstić information content (AvgIpc) is 2.09. The van der Waals surface area contributed by atoms with Crippen LogP contribution in [-0.4, -0.2) is 23.1 Å². The Morgan fingerprint density at radius 3 is 2.77 bits per heavy atom. The first-order valence-electron chi connectivity index (χ1n) is 3.88. The smallest absolute Gasteiger partial charge is 0.222 e. The standard InChI is InChI=1S/C7H12FN5/c1-4-5(8)6(11-3-2-9)13-7(10)12-4/h2-3,9H2,1H3,(H3,10,11,12,13). The van der Waals surface area contributed by atoms with Gasteiger partial charge in [0.05, 0.1) is 5.69 Å². The van der Waals surface area contributed by atoms with Crippen molar-refractivity contribution in [3.63, 3.8) is 0 Å². The first-order chi connectivity index (χ1) is 6.15. The third kappa shape index (κ3) is 2.25. The van der Waals surface area contributed by atoms with Crippen LogP contribution in [0.4, 0.5) is 16.2 Å². The summed E-state index contributed by atoms with van der Waals surface area (Å²) < 4.78 is 13.2. The summed E-state index contributed by atoms with van der Waals surface area (Å²) in [6.45, 7) is 2.39. The molecule has 6 heteroatoms. The molecule has 0 spiro atoms. The van der Waals surface area contributed by atoms with Crippen LogP contribution in [0.5, 0.6) is 0 Å². The van der Waals surface area contributed by atoms with Gasteiger partial charge in [0, 0.05) is 13.1 Å². The molecule has 0 aliphatic rings. The third-order valence-electron chi connectivity index (χ3n) is 1.47. The van der Waals surface area contributed by atoms with Gasteiger partial charge in [0.1, 0.15) is 0 Å². The van der Waals surface area contributed by atoms with Gasteiger partial charge in [0.25, 0.3) is 0 Å². The van der Waals surface area contributed by atoms with E-state index < -0.39 is 5.82 Å². The number of halogens is 1. The molecule has 0 atom stereocenters. The number of nitrogens with one attached hydrogen (secondary N) is 1. The topological polar surface area (TPSA) is 89.8 Å². The monoisotopic (exact) mass is 185 g/mol. The molecule has 0 amide bonds. The first kappa shape index (κ1) is 9.66. The highest BCUT2D eigenvalue weighted by Crippen LogP contribution is 2.13. The molecule has 1 heterocycles. The molecule has 0 aliphatic carbocycles. The van der Waals surface area contributed by atoms with Gasteiger partial charge in [-0.3, -0.25) is 0 Å². The van der Waals surface area contributed by atoms with E-state index in [1.54, 1.807) is 0 Å². The Morgan fingerprint density at radius 1 is 1.46 bits per heavy atom. The molecular weight excluding hydrogens is 173 g/mol. The fourth-order valence-corrected chi connectivity index (χ4v) is 0.889. The Morgan fingerprint density at radius 2 is 2.15 bits per heavy atom. The molecule has 1 aromatic heterocycles. The Hall–Kier alpha value is -1.43. The van der Waals surface area contributed by atoms with Gasteiger partial charge in [-0.25, -0.2) is 9.37 Å². The van der Waals surface area contributed by atoms with Gasteiger partial charge in [0.15, 0.2) is 11.6 Å². The third-order valence-corrected chi connectivity index (χ3v) is 1.47. The van der Waals surface area contributed by atoms with E-state index in [9.17, 15) is 4.39 Å². The number of anilines is 2. The van der Waals surface area contributed by atoms with Gasteiger partial charge in [-0.05, 0) is 6.92 Å². The van der Waals surface area contributed by atoms with Crippen molar-refractivity contribution in [1.29, 1.82) is 0 Å². The van der Waals surface area contributed by atoms with Crippen molar-refractivity contribution >= 4 is 11.8 Å². The number of hydrogen-bond acceptors (Lipinski definition) is 5. The van der Waals surface area contributed by atoms with Crippen LogP contribution in [0.3, 0.4) is 0 Å². The summed E-state index contributed by atoms with van der Waals surface area (Å²) in [6.07, 6.45) is 0. The van der Waals surface area contributed by atoms with Gasteiger partial charge < -0.3 is 16.8 Å². The van der Waals surface area contributed by atoms with E-state index in [4.69, 9.17) is 11.5 Å². The lowest BCUT2D eigenvalue weighted by molar-refractivity contribution is 0.606. The largest absolute Gasteiger partial charge is 0.368 e. The van der Waals surface area contributed by atoms with E-state index in [2.05, 4.69) is 15.3 Å². The predicted molar refractivity (Wildman–Crippen MR) is 48.7 cm³/mol. The quantitative estimate of drug-likeness (QED) is 0.610. The second-order valence-electron chi connectivity index (χ2n) is 2.55. The van der Waals surface area contributed by atoms with Crippen LogP contribution in [-0.2, 0) is 0 Å². The molecule has 0 unspecified atom stereocenters. The van der Waals surface area contributed by atoms with Crippen LogP contribution in [0.15, 0.2) is 0 Å². The van der Waals surface area contributed by atoms with Crippen molar-refractivity contribution in [2.75, 3.05) is 24.1 Å². The van der Waals surface area contributed by atoms with Crippen LogP contribution in [0.1, 0.15) is 5.69 Å². The summed E-state index contributed by atoms with van der Waals surface area (Å²) in [5, 5.41) is 2.71. The molecule has 0 aromatic carbocycles. The van der Waals surface area contributed by atoms with Crippen molar-refractivity contribution in [2.45, 2.75) is 6.92 Å². The van der Waals surface area contributed by atoms with Crippen molar-refractivity contribution in [3.05, 3.63) is 11.5 Å². The molecule has 72 valence electrons. The number of nitrogens with two attached hydrogens (primary N) is 2. The summed E-state index contributed by atoms with van der Waals surface area (Å²) in [6, 6.07) is 0. The summed E-state index contributed by atoms with van der Waals surface area (Å²) >= 11 is 0. The second-order valence-corrected chi connectivity index (χ2v) is 2.55. The van der Waals surface area contributed by atoms with E-state index in [1.165, 1.54) is 6.92 Å². The maximum absolute atomic E-state index is 13.2. The van der Waals surface area contributed by atoms with E-state index in [0.717, 1.165) is 0 Å². The molecule has 0 saturated heterocycles. The lowest BCUT2D eigenvalue weighted by Gasteiger charge is -2.06. The molecule has 13 heavy (non-hydrogen) atoms. The lowest BCUT2D eigenvalue weighted by atomic mass is 10.4. The minimum Gasteiger partial charge on any atom is -0.368 e. The molecule has 5 N–H and O–H groups in total. The van der Waals surface area contributed by atoms with Crippen LogP contribution < -0.4 is 16.8 Å². The van der Waals surface area contributed by atoms with E-state index in [-0.39, 0.29) is 17.5 Å². The Kier molecular flexibility index (Phi) is 2.97. The normalized spacial score (nSPS) is 10.1. The number of hydrogen-bond donors (Lipinski definition) is 3. The van der Waals surface area contributed by atoms with Gasteiger partial charge in [-0.2, -0.15) is 4.98 Å². The molecule has 0 saturated carbocycles. The van der Waals surface area contributed by atoms with E-state index >= 15 is 0 Å². The number of aromatic nitrogens is 2. The molecular formula is C7H12FN5. The molecule has 1 rings (SSSR count). The summed E-state index contributed by atoms with van der Waals surface area (Å²) in [5.74, 6) is -0.323. The van der Waals surface area contributed by atoms with Crippen LogP contribution in [0, 0.1) is 12.7 Å². The summed E-state index contributed by atoms with van der Waals surface area (Å²) in [4.78, 5) is 7.36. The van der Waals surface area contributed by atoms with Gasteiger partial charge >= 0.3 is 0 Å². The fraction of sp³-hybridized carbons (Fsp3) is 0.429. The fourth-order valence-electron chi connectivity index (χ4n) is 0.889. The van der Waals surface area contributed by atoms with Crippen LogP contribution in [0.25, 0.3) is 0 Å². The lowest BCUT2D eigenvalue weighted by Crippen LogP contribution is -2.16. The Bertz CT molecular complexity index is 301. The first-order valence-corrected chi connectivity index (χ1v) is 3.88. The average molecular weight is 185 g/mol. The highest BCUT2D eigenvalue weighted by Gasteiger charge is 2.08. The number of aryl methyl sites for hydroxylation is 1. The minimum atomic E-state index is -0.484. The Balaban J connectivity index is 2.92. The molecule has 0 fully saturated rings. The molecule has 0 bridgehead atoms. The van der Waals surface area contributed by atoms with Crippen molar-refractivity contribution < 1.29 is 4.39 Å². The maximum atomic E-state index is 13.2. The SMILES string of the molecule is Cc1nc(N)nc(NCCN)c1F. The van der Waals surface area contributed by atoms with Gasteiger partial charge in [-0.1, -0.05) is 0 Å². The van der Waals surface area contributed by atoms with Crippen LogP contribution >= 0.6 is 0 Å². The maximum Gasteiger partial charge on any atom is 0.222 e. The molecule has 0 radical (unpaired) electrons. The Labute approximate surface area is 75.4 Å². The predicted octanol–water partition coefficient (Wildman–Crippen LogP) is -0.123. The number of nitrogens with zero attached hydrogens (tertiary/aromatic N) is 2. The van der Waals surface area contributed by atoms with Gasteiger partial charge in [-0.15, -0.1) is 0 Å². The van der Waals surface area contributed by atoms with E-state index in [1.807, 2.05) is 0 Å². The summed E-state index contributed by atoms with van der Waals surface area (Å²) in [5.41, 5.74) is 10.8. The zero-order chi connectivity index (χ0) is 9.84. The highest BCUT2D eigenvalue weighted by atomic mass is 19.1. The summed E-state index contributed by atoms with van der Waals surface area (Å²) in [7, 11) is 0. The highest BCUT2D eigenvalue weighted by molar-refractivity contribution is 5.41. The molecule has 1 aromatic rings. The minimum absolute atomic E-state index is 0.0541. The van der Waals surface area contributed by atoms with Crippen molar-refractivity contribution in [2.24, 2.45) is 5.73 Å². The number of rotatable bonds is 3. The molecule has 5 nitrogen and oxygen atoms in total. The van der Waals surface area contributed by atoms with Crippen molar-refractivity contribution in [3.8, 4) is 0 Å². The van der Waals surface area contributed by atoms with Gasteiger partial charge in [0.2, 0.25) is 5.95 Å². The van der Waals surface area contributed by atoms with Crippen LogP contribution in [0.2, 0.25) is 0 Å². The molecule has 0 aliphatic heterocycles. The second kappa shape index (κ2) is 3.99. The van der Waals surface area contributed by atoms with Crippen molar-refractivity contribution in [1.82, 2.24) is 9.97 Å². The van der Waals surface area contributed by atoms with E-state index in [0.29, 0.717) is 13.1 Å². The zero-order valence-electron chi connectivity index (χ0n) is 7.34.